The molecular formula is C21H25N2P. The van der Waals surface area contributed by atoms with E-state index in [1.807, 2.05) is 48.6 Å². The molecule has 1 rings (SSSR count). The van der Waals surface area contributed by atoms with E-state index < -0.39 is 0 Å². The molecule has 0 aromatic heterocycles. The molecule has 1 atom stereocenters. The Bertz CT molecular complexity index is 667. The summed E-state index contributed by atoms with van der Waals surface area (Å²) in [5.74, 6) is 0. The highest BCUT2D eigenvalue weighted by molar-refractivity contribution is 7.23. The van der Waals surface area contributed by atoms with Crippen molar-refractivity contribution in [2.45, 2.75) is 13.8 Å². The summed E-state index contributed by atoms with van der Waals surface area (Å²) < 4.78 is 0. The molecule has 0 radical (unpaired) electrons. The zero-order chi connectivity index (χ0) is 17.6. The van der Waals surface area contributed by atoms with Crippen LogP contribution < -0.4 is 4.90 Å². The number of benzene rings is 1. The van der Waals surface area contributed by atoms with Gasteiger partial charge in [0, 0.05) is 24.1 Å². The van der Waals surface area contributed by atoms with E-state index in [0.29, 0.717) is 5.31 Å². The molecule has 1 unspecified atom stereocenters. The maximum absolute atomic E-state index is 8.58. The van der Waals surface area contributed by atoms with Crippen molar-refractivity contribution in [2.75, 3.05) is 18.0 Å². The van der Waals surface area contributed by atoms with E-state index >= 15 is 0 Å². The normalized spacial score (nSPS) is 12.7. The lowest BCUT2D eigenvalue weighted by molar-refractivity contribution is 0.866. The van der Waals surface area contributed by atoms with Gasteiger partial charge in [0.2, 0.25) is 0 Å². The van der Waals surface area contributed by atoms with Gasteiger partial charge in [0.1, 0.15) is 0 Å². The van der Waals surface area contributed by atoms with Crippen LogP contribution in [-0.4, -0.2) is 13.1 Å². The van der Waals surface area contributed by atoms with E-state index in [-0.39, 0.29) is 0 Å². The first-order valence-electron chi connectivity index (χ1n) is 8.10. The summed E-state index contributed by atoms with van der Waals surface area (Å²) >= 11 is 0. The van der Waals surface area contributed by atoms with Crippen LogP contribution in [0.1, 0.15) is 19.4 Å². The monoisotopic (exact) mass is 336 g/mol. The quantitative estimate of drug-likeness (QED) is 0.356. The number of allylic oxidation sites excluding steroid dienone is 9. The summed E-state index contributed by atoms with van der Waals surface area (Å²) in [6.07, 6.45) is 17.4. The average Bonchev–Trinajstić information content (AvgIpc) is 2.62. The minimum absolute atomic E-state index is 0.616. The number of rotatable bonds is 8. The second kappa shape index (κ2) is 12.1. The molecule has 124 valence electrons. The van der Waals surface area contributed by atoms with Crippen LogP contribution >= 0.6 is 9.24 Å². The second-order valence-corrected chi connectivity index (χ2v) is 5.63. The Labute approximate surface area is 148 Å². The molecule has 1 aromatic carbocycles. The molecular weight excluding hydrogens is 311 g/mol. The van der Waals surface area contributed by atoms with Crippen molar-refractivity contribution in [3.05, 3.63) is 83.8 Å². The molecule has 0 heterocycles. The lowest BCUT2D eigenvalue weighted by Crippen LogP contribution is -2.21. The zero-order valence-corrected chi connectivity index (χ0v) is 15.5. The largest absolute Gasteiger partial charge is 0.372 e. The average molecular weight is 336 g/mol. The minimum Gasteiger partial charge on any atom is -0.372 e. The lowest BCUT2D eigenvalue weighted by Gasteiger charge is -2.20. The number of nitrogens with zero attached hydrogens (tertiary/aromatic N) is 2. The van der Waals surface area contributed by atoms with Gasteiger partial charge in [-0.1, -0.05) is 70.0 Å². The smallest absolute Gasteiger partial charge is 0.0990 e. The molecule has 1 aromatic rings. The molecule has 0 saturated carbocycles. The van der Waals surface area contributed by atoms with Crippen LogP contribution in [-0.2, 0) is 0 Å². The van der Waals surface area contributed by atoms with Crippen LogP contribution in [0, 0.1) is 11.3 Å². The molecule has 0 bridgehead atoms. The van der Waals surface area contributed by atoms with Crippen molar-refractivity contribution in [1.82, 2.24) is 0 Å². The van der Waals surface area contributed by atoms with E-state index in [2.05, 4.69) is 58.3 Å². The highest BCUT2D eigenvalue weighted by Gasteiger charge is 1.99. The van der Waals surface area contributed by atoms with E-state index in [1.165, 1.54) is 11.3 Å². The third-order valence-corrected chi connectivity index (χ3v) is 3.70. The Balaban J connectivity index is 2.48. The van der Waals surface area contributed by atoms with Gasteiger partial charge in [-0.05, 0) is 37.6 Å². The summed E-state index contributed by atoms with van der Waals surface area (Å²) in [5, 5.41) is 9.20. The molecule has 3 heteroatoms. The van der Waals surface area contributed by atoms with Crippen molar-refractivity contribution in [1.29, 1.82) is 5.26 Å². The Morgan fingerprint density at radius 2 is 1.50 bits per heavy atom. The third kappa shape index (κ3) is 7.77. The van der Waals surface area contributed by atoms with Gasteiger partial charge in [0.05, 0.1) is 6.07 Å². The molecule has 2 nitrogen and oxygen atoms in total. The topological polar surface area (TPSA) is 27.0 Å². The van der Waals surface area contributed by atoms with Gasteiger partial charge in [-0.2, -0.15) is 5.26 Å². The van der Waals surface area contributed by atoms with Crippen LogP contribution in [0.5, 0.6) is 0 Å². The number of hydrogen-bond donors (Lipinski definition) is 0. The molecule has 0 aliphatic carbocycles. The molecule has 24 heavy (non-hydrogen) atoms. The predicted octanol–water partition coefficient (Wildman–Crippen LogP) is 5.50. The third-order valence-electron chi connectivity index (χ3n) is 3.38. The van der Waals surface area contributed by atoms with Gasteiger partial charge >= 0.3 is 0 Å². The minimum atomic E-state index is 0.616. The first-order valence-corrected chi connectivity index (χ1v) is 8.68. The van der Waals surface area contributed by atoms with Gasteiger partial charge < -0.3 is 4.90 Å². The van der Waals surface area contributed by atoms with Crippen molar-refractivity contribution in [3.63, 3.8) is 0 Å². The fraction of sp³-hybridized carbons (Fsp3) is 0.190. The molecule has 0 fully saturated rings. The van der Waals surface area contributed by atoms with E-state index in [9.17, 15) is 0 Å². The summed E-state index contributed by atoms with van der Waals surface area (Å²) in [7, 11) is 2.38. The first-order chi connectivity index (χ1) is 11.7. The van der Waals surface area contributed by atoms with Gasteiger partial charge in [0.25, 0.3) is 0 Å². The van der Waals surface area contributed by atoms with Crippen LogP contribution in [0.3, 0.4) is 0 Å². The highest BCUT2D eigenvalue weighted by Crippen LogP contribution is 2.15. The Kier molecular flexibility index (Phi) is 9.93. The van der Waals surface area contributed by atoms with Crippen LogP contribution in [0.2, 0.25) is 0 Å². The van der Waals surface area contributed by atoms with Crippen LogP contribution in [0.15, 0.2) is 78.2 Å². The van der Waals surface area contributed by atoms with Gasteiger partial charge in [-0.25, -0.2) is 0 Å². The van der Waals surface area contributed by atoms with Gasteiger partial charge in [-0.3, -0.25) is 0 Å². The van der Waals surface area contributed by atoms with Gasteiger partial charge in [-0.15, -0.1) is 0 Å². The summed E-state index contributed by atoms with van der Waals surface area (Å²) in [5.41, 5.74) is 2.45. The Morgan fingerprint density at radius 3 is 2.04 bits per heavy atom. The van der Waals surface area contributed by atoms with Gasteiger partial charge in [0.15, 0.2) is 0 Å². The molecule has 0 saturated heterocycles. The van der Waals surface area contributed by atoms with Crippen molar-refractivity contribution in [3.8, 4) is 6.07 Å². The van der Waals surface area contributed by atoms with E-state index in [1.54, 1.807) is 6.08 Å². The maximum Gasteiger partial charge on any atom is 0.0990 e. The summed E-state index contributed by atoms with van der Waals surface area (Å²) in [4.78, 5) is 2.33. The van der Waals surface area contributed by atoms with E-state index in [0.717, 1.165) is 13.1 Å². The van der Waals surface area contributed by atoms with Crippen molar-refractivity contribution in [2.24, 2.45) is 0 Å². The highest BCUT2D eigenvalue weighted by atomic mass is 31.0. The van der Waals surface area contributed by atoms with Crippen LogP contribution in [0.4, 0.5) is 5.69 Å². The SMILES string of the molecule is CCN(CC)c1ccc(/C=C/C=C/C=C/C=C/C=C(/P)C#N)cc1. The maximum atomic E-state index is 8.58. The van der Waals surface area contributed by atoms with Crippen molar-refractivity contribution < 1.29 is 0 Å². The molecule has 0 aliphatic rings. The Morgan fingerprint density at radius 1 is 0.958 bits per heavy atom. The van der Waals surface area contributed by atoms with E-state index in [4.69, 9.17) is 5.26 Å². The molecule has 0 N–H and O–H groups in total. The zero-order valence-electron chi connectivity index (χ0n) is 14.4. The molecule has 0 spiro atoms. The fourth-order valence-corrected chi connectivity index (χ4v) is 2.18. The summed E-state index contributed by atoms with van der Waals surface area (Å²) in [6, 6.07) is 10.6. The predicted molar refractivity (Wildman–Crippen MR) is 110 cm³/mol. The number of anilines is 1. The second-order valence-electron chi connectivity index (χ2n) is 5.01. The van der Waals surface area contributed by atoms with Crippen molar-refractivity contribution >= 4 is 21.0 Å². The fourth-order valence-electron chi connectivity index (χ4n) is 2.07. The number of hydrogen-bond acceptors (Lipinski definition) is 2. The standard InChI is InChI=1S/C21H25N2P/c1-3-23(4-2)20-16-14-19(15-17-20)12-10-8-6-5-7-9-11-13-21(24)18-22/h5-17H,3-4,24H2,1-2H3/b7-5+,8-6+,11-9+,12-10+,21-13+. The molecule has 0 amide bonds. The summed E-state index contributed by atoms with van der Waals surface area (Å²) in [6.45, 7) is 6.40. The Hall–Kier alpha value is -2.36. The molecule has 0 aliphatic heterocycles. The van der Waals surface area contributed by atoms with Crippen LogP contribution in [0.25, 0.3) is 6.08 Å². The number of nitriles is 1. The lowest BCUT2D eigenvalue weighted by atomic mass is 10.2. The first kappa shape index (κ1) is 19.7.